The molecule has 3 aromatic rings. The molecule has 1 unspecified atom stereocenters. The number of benzene rings is 1. The molecular formula is C37H40IrN3S. The molecule has 218 valence electrons. The first-order valence-electron chi connectivity index (χ1n) is 16.5. The molecule has 1 aliphatic carbocycles. The predicted octanol–water partition coefficient (Wildman–Crippen LogP) is 10.5. The van der Waals surface area contributed by atoms with Crippen LogP contribution in [0, 0.1) is 30.9 Å². The summed E-state index contributed by atoms with van der Waals surface area (Å²) in [7, 11) is 0. The van der Waals surface area contributed by atoms with Gasteiger partial charge in [0.05, 0.1) is 1.37 Å². The number of hydrogen-bond donors (Lipinski definition) is 0. The molecule has 1 fully saturated rings. The molecule has 1 atom stereocenters. The number of nitrogens with zero attached hydrogens (tertiary/aromatic N) is 3. The molecular weight excluding hydrogens is 711 g/mol. The Labute approximate surface area is 276 Å². The first-order chi connectivity index (χ1) is 21.7. The summed E-state index contributed by atoms with van der Waals surface area (Å²) in [5.41, 5.74) is 5.10. The van der Waals surface area contributed by atoms with Crippen molar-refractivity contribution in [2.75, 3.05) is 0 Å². The standard InChI is InChI=1S/C19H26N.C18H14N2S.Ir/c1-5-16(11-10-14(2)3)19-12-18(15(4)13-20-19)17-8-6-7-9-17;1-11(2)4-7-15(19)13-5-6-14-16(10-13)21-18-17(14)12(3)8-9-20-18;/h5,10,13,17-18H,2,6-9,12H2,1,3-4H3;4,6-10H,1H2,2-3H3;/q-1;-2;+3/b16-5-;7-4-;/i;2D3,4D,7D;. The van der Waals surface area contributed by atoms with Gasteiger partial charge in [0.1, 0.15) is 4.83 Å². The van der Waals surface area contributed by atoms with E-state index in [1.807, 2.05) is 26.0 Å². The molecule has 2 aliphatic rings. The van der Waals surface area contributed by atoms with Crippen LogP contribution in [0.25, 0.3) is 25.7 Å². The summed E-state index contributed by atoms with van der Waals surface area (Å²) in [5, 5.41) is 12.3. The van der Waals surface area contributed by atoms with Crippen molar-refractivity contribution in [1.29, 1.82) is 0 Å². The van der Waals surface area contributed by atoms with E-state index in [0.717, 1.165) is 49.4 Å². The normalized spacial score (nSPS) is 20.1. The maximum Gasteiger partial charge on any atom is 3.00 e. The molecule has 0 N–H and O–H groups in total. The third kappa shape index (κ3) is 8.31. The summed E-state index contributed by atoms with van der Waals surface area (Å²) < 4.78 is 38.5. The maximum atomic E-state index is 10.3. The van der Waals surface area contributed by atoms with Gasteiger partial charge in [-0.1, -0.05) is 55.9 Å². The number of fused-ring (bicyclic) bond motifs is 3. The van der Waals surface area contributed by atoms with Crippen molar-refractivity contribution in [3.63, 3.8) is 0 Å². The van der Waals surface area contributed by atoms with Crippen molar-refractivity contribution in [2.24, 2.45) is 16.8 Å². The van der Waals surface area contributed by atoms with E-state index < -0.39 is 30.2 Å². The molecule has 1 aliphatic heterocycles. The minimum absolute atomic E-state index is 0. The molecule has 1 aromatic carbocycles. The molecule has 3 heterocycles. The molecule has 0 bridgehead atoms. The van der Waals surface area contributed by atoms with Crippen LogP contribution in [0.4, 0.5) is 0 Å². The van der Waals surface area contributed by atoms with Crippen LogP contribution in [-0.4, -0.2) is 16.4 Å². The van der Waals surface area contributed by atoms with E-state index in [0.29, 0.717) is 5.92 Å². The second-order valence-corrected chi connectivity index (χ2v) is 11.8. The fourth-order valence-corrected chi connectivity index (χ4v) is 6.58. The number of rotatable bonds is 7. The van der Waals surface area contributed by atoms with E-state index in [-0.39, 0.29) is 25.7 Å². The average molecular weight is 756 g/mol. The molecule has 5 heteroatoms. The van der Waals surface area contributed by atoms with Crippen molar-refractivity contribution in [3.8, 4) is 0 Å². The number of aryl methyl sites for hydroxylation is 1. The SMILES string of the molecule is C=C(C)C=[C-]/C(=C/C)C1=NC=C(C)C(C2CCCC2)C1.[2H]/C(C(=C)C([2H])([2H])[2H])=C(\[2H])C(=[N-])c1[c-]cc2c(c1)sc1nccc(C)c12.[Ir+3]. The Morgan fingerprint density at radius 2 is 2.00 bits per heavy atom. The Morgan fingerprint density at radius 1 is 1.24 bits per heavy atom. The molecule has 1 saturated carbocycles. The van der Waals surface area contributed by atoms with Gasteiger partial charge >= 0.3 is 20.1 Å². The van der Waals surface area contributed by atoms with Gasteiger partial charge in [0, 0.05) is 17.9 Å². The second-order valence-electron chi connectivity index (χ2n) is 10.8. The number of pyridine rings is 1. The van der Waals surface area contributed by atoms with Gasteiger partial charge in [-0.3, -0.25) is 0 Å². The second kappa shape index (κ2) is 15.5. The van der Waals surface area contributed by atoms with E-state index in [1.54, 1.807) is 18.3 Å². The number of allylic oxidation sites excluding steroid dienone is 9. The van der Waals surface area contributed by atoms with Crippen LogP contribution < -0.4 is 0 Å². The summed E-state index contributed by atoms with van der Waals surface area (Å²) in [6.45, 7) is 12.9. The van der Waals surface area contributed by atoms with Crippen molar-refractivity contribution < 1.29 is 27.0 Å². The van der Waals surface area contributed by atoms with Crippen LogP contribution in [0.5, 0.6) is 0 Å². The monoisotopic (exact) mass is 756 g/mol. The molecule has 0 amide bonds. The quantitative estimate of drug-likeness (QED) is 0.135. The Kier molecular flexibility index (Phi) is 9.81. The molecule has 0 spiro atoms. The molecule has 5 rings (SSSR count). The first-order valence-corrected chi connectivity index (χ1v) is 14.8. The molecule has 3 nitrogen and oxygen atoms in total. The van der Waals surface area contributed by atoms with Crippen molar-refractivity contribution in [3.05, 3.63) is 119 Å². The maximum absolute atomic E-state index is 10.3. The van der Waals surface area contributed by atoms with Gasteiger partial charge in [-0.2, -0.15) is 11.6 Å². The topological polar surface area (TPSA) is 47.5 Å². The minimum atomic E-state index is -2.59. The molecule has 42 heavy (non-hydrogen) atoms. The summed E-state index contributed by atoms with van der Waals surface area (Å²) in [5.74, 6) is 1.55. The largest absolute Gasteiger partial charge is 3.00 e. The van der Waals surface area contributed by atoms with E-state index >= 15 is 0 Å². The summed E-state index contributed by atoms with van der Waals surface area (Å²) in [6, 6.07) is 6.99. The first kappa shape index (κ1) is 26.6. The van der Waals surface area contributed by atoms with Crippen molar-refractivity contribution in [2.45, 2.75) is 66.7 Å². The Balaban J connectivity index is 0.000000259. The van der Waals surface area contributed by atoms with Gasteiger partial charge in [-0.05, 0) is 79.2 Å². The fourth-order valence-electron chi connectivity index (χ4n) is 5.44. The zero-order valence-electron chi connectivity index (χ0n) is 29.7. The minimum Gasteiger partial charge on any atom is -0.855 e. The van der Waals surface area contributed by atoms with Gasteiger partial charge in [0.15, 0.2) is 0 Å². The van der Waals surface area contributed by atoms with E-state index in [9.17, 15) is 5.41 Å². The average Bonchev–Trinajstić information content (AvgIpc) is 3.69. The van der Waals surface area contributed by atoms with Crippen LogP contribution in [0.1, 0.15) is 77.7 Å². The number of hydrogen-bond acceptors (Lipinski definition) is 3. The number of aliphatic imine (C=N–C) groups is 1. The third-order valence-electron chi connectivity index (χ3n) is 7.56. The van der Waals surface area contributed by atoms with Crippen LogP contribution in [-0.2, 0) is 20.1 Å². The van der Waals surface area contributed by atoms with Gasteiger partial charge in [0.25, 0.3) is 0 Å². The Morgan fingerprint density at radius 3 is 2.69 bits per heavy atom. The van der Waals surface area contributed by atoms with Crippen LogP contribution >= 0.6 is 11.3 Å². The van der Waals surface area contributed by atoms with Gasteiger partial charge in [-0.25, -0.2) is 10.7 Å². The summed E-state index contributed by atoms with van der Waals surface area (Å²) in [6.07, 6.45) is 17.9. The van der Waals surface area contributed by atoms with E-state index in [1.165, 1.54) is 48.3 Å². The van der Waals surface area contributed by atoms with Gasteiger partial charge < -0.3 is 10.4 Å². The van der Waals surface area contributed by atoms with E-state index in [4.69, 9.17) is 6.85 Å². The third-order valence-corrected chi connectivity index (χ3v) is 8.63. The number of aromatic nitrogens is 1. The van der Waals surface area contributed by atoms with E-state index in [2.05, 4.69) is 61.4 Å². The van der Waals surface area contributed by atoms with Crippen LogP contribution in [0.3, 0.4) is 0 Å². The van der Waals surface area contributed by atoms with Crippen LogP contribution in [0.15, 0.2) is 95.3 Å². The Hall–Kier alpha value is -2.98. The zero-order chi connectivity index (χ0) is 33.8. The smallest absolute Gasteiger partial charge is 0.855 e. The van der Waals surface area contributed by atoms with Crippen LogP contribution in [0.2, 0.25) is 0 Å². The fraction of sp³-hybridized carbons (Fsp3) is 0.324. The summed E-state index contributed by atoms with van der Waals surface area (Å²) in [4.78, 5) is 9.87. The predicted molar refractivity (Wildman–Crippen MR) is 180 cm³/mol. The zero-order valence-corrected chi connectivity index (χ0v) is 27.9. The summed E-state index contributed by atoms with van der Waals surface area (Å²) >= 11 is 1.45. The molecule has 0 radical (unpaired) electrons. The van der Waals surface area contributed by atoms with Crippen molar-refractivity contribution in [1.82, 2.24) is 4.98 Å². The number of thiophene rings is 1. The van der Waals surface area contributed by atoms with Gasteiger partial charge in [-0.15, -0.1) is 65.5 Å². The van der Waals surface area contributed by atoms with Crippen molar-refractivity contribution >= 4 is 43.1 Å². The van der Waals surface area contributed by atoms with Gasteiger partial charge in [0.2, 0.25) is 0 Å². The molecule has 0 saturated heterocycles. The molecule has 2 aromatic heterocycles. The Bertz CT molecular complexity index is 1840.